The summed E-state index contributed by atoms with van der Waals surface area (Å²) in [6, 6.07) is 8.76. The van der Waals surface area contributed by atoms with Crippen LogP contribution in [-0.4, -0.2) is 41.5 Å². The lowest BCUT2D eigenvalue weighted by Crippen LogP contribution is -2.44. The molecule has 0 radical (unpaired) electrons. The first kappa shape index (κ1) is 15.5. The second-order valence-corrected chi connectivity index (χ2v) is 6.32. The molecule has 1 saturated heterocycles. The van der Waals surface area contributed by atoms with Crippen molar-refractivity contribution in [3.05, 3.63) is 41.4 Å². The predicted octanol–water partition coefficient (Wildman–Crippen LogP) is 2.72. The van der Waals surface area contributed by atoms with E-state index < -0.39 is 6.04 Å². The Bertz CT molecular complexity index is 716. The summed E-state index contributed by atoms with van der Waals surface area (Å²) in [6.07, 6.45) is 0.620. The quantitative estimate of drug-likeness (QED) is 0.941. The first-order valence-corrected chi connectivity index (χ1v) is 8.26. The van der Waals surface area contributed by atoms with Crippen LogP contribution in [0.1, 0.15) is 12.1 Å². The minimum atomic E-state index is -0.448. The van der Waals surface area contributed by atoms with Crippen LogP contribution in [-0.2, 0) is 4.79 Å². The molecule has 120 valence electrons. The second kappa shape index (κ2) is 6.37. The summed E-state index contributed by atoms with van der Waals surface area (Å²) >= 11 is 1.37. The molecule has 1 aliphatic rings. The molecule has 0 spiro atoms. The van der Waals surface area contributed by atoms with E-state index in [1.54, 1.807) is 11.9 Å². The van der Waals surface area contributed by atoms with Gasteiger partial charge in [0.25, 0.3) is 0 Å². The van der Waals surface area contributed by atoms with Crippen LogP contribution in [0, 0.1) is 6.92 Å². The molecule has 1 atom stereocenters. The standard InChI is InChI=1S/C16H18N4O2S/c1-11-10-23-15(17-11)18-16(22)19(2)13-8-9-20(14(13)21)12-6-4-3-5-7-12/h3-7,10,13H,8-9H2,1-2H3,(H,17,18,22). The average Bonchev–Trinajstić information content (AvgIpc) is 3.13. The summed E-state index contributed by atoms with van der Waals surface area (Å²) in [4.78, 5) is 32.3. The van der Waals surface area contributed by atoms with Crippen molar-refractivity contribution >= 4 is 34.1 Å². The fraction of sp³-hybridized carbons (Fsp3) is 0.312. The van der Waals surface area contributed by atoms with Crippen LogP contribution in [0.15, 0.2) is 35.7 Å². The summed E-state index contributed by atoms with van der Waals surface area (Å²) in [5, 5.41) is 5.15. The lowest BCUT2D eigenvalue weighted by atomic mass is 10.2. The molecule has 3 amide bonds. The SMILES string of the molecule is Cc1csc(NC(=O)N(C)C2CCN(c3ccccc3)C2=O)n1. The van der Waals surface area contributed by atoms with Crippen LogP contribution >= 0.6 is 11.3 Å². The summed E-state index contributed by atoms with van der Waals surface area (Å²) < 4.78 is 0. The van der Waals surface area contributed by atoms with Crippen LogP contribution in [0.3, 0.4) is 0 Å². The number of carbonyl (C=O) groups is 2. The topological polar surface area (TPSA) is 65.5 Å². The molecule has 0 bridgehead atoms. The highest BCUT2D eigenvalue weighted by atomic mass is 32.1. The summed E-state index contributed by atoms with van der Waals surface area (Å²) in [7, 11) is 1.65. The number of aromatic nitrogens is 1. The lowest BCUT2D eigenvalue weighted by Gasteiger charge is -2.23. The maximum absolute atomic E-state index is 12.6. The van der Waals surface area contributed by atoms with Crippen LogP contribution < -0.4 is 10.2 Å². The van der Waals surface area contributed by atoms with Gasteiger partial charge in [0.2, 0.25) is 5.91 Å². The highest BCUT2D eigenvalue weighted by Gasteiger charge is 2.37. The number of urea groups is 1. The molecule has 1 unspecified atom stereocenters. The van der Waals surface area contributed by atoms with Gasteiger partial charge in [0.15, 0.2) is 5.13 Å². The van der Waals surface area contributed by atoms with Gasteiger partial charge in [-0.3, -0.25) is 10.1 Å². The van der Waals surface area contributed by atoms with Gasteiger partial charge in [-0.25, -0.2) is 9.78 Å². The predicted molar refractivity (Wildman–Crippen MR) is 90.8 cm³/mol. The zero-order chi connectivity index (χ0) is 16.4. The zero-order valence-corrected chi connectivity index (χ0v) is 13.8. The number of amides is 3. The summed E-state index contributed by atoms with van der Waals surface area (Å²) in [5.74, 6) is -0.0517. The Labute approximate surface area is 138 Å². The van der Waals surface area contributed by atoms with E-state index in [9.17, 15) is 9.59 Å². The molecule has 1 aromatic heterocycles. The molecule has 7 heteroatoms. The van der Waals surface area contributed by atoms with E-state index in [4.69, 9.17) is 0 Å². The molecule has 0 saturated carbocycles. The molecule has 2 aromatic rings. The fourth-order valence-electron chi connectivity index (χ4n) is 2.62. The third-order valence-corrected chi connectivity index (χ3v) is 4.74. The van der Waals surface area contributed by atoms with E-state index in [0.29, 0.717) is 18.1 Å². The van der Waals surface area contributed by atoms with E-state index in [-0.39, 0.29) is 11.9 Å². The summed E-state index contributed by atoms with van der Waals surface area (Å²) in [6.45, 7) is 2.48. The number of aryl methyl sites for hydroxylation is 1. The van der Waals surface area contributed by atoms with Crippen LogP contribution in [0.2, 0.25) is 0 Å². The zero-order valence-electron chi connectivity index (χ0n) is 13.0. The maximum atomic E-state index is 12.6. The monoisotopic (exact) mass is 330 g/mol. The molecule has 1 N–H and O–H groups in total. The number of benzene rings is 1. The number of para-hydroxylation sites is 1. The van der Waals surface area contributed by atoms with Gasteiger partial charge in [-0.05, 0) is 25.5 Å². The molecule has 6 nitrogen and oxygen atoms in total. The van der Waals surface area contributed by atoms with Crippen molar-refractivity contribution in [3.63, 3.8) is 0 Å². The van der Waals surface area contributed by atoms with Gasteiger partial charge in [0.1, 0.15) is 6.04 Å². The second-order valence-electron chi connectivity index (χ2n) is 5.46. The maximum Gasteiger partial charge on any atom is 0.324 e. The van der Waals surface area contributed by atoms with Crippen molar-refractivity contribution in [2.75, 3.05) is 23.8 Å². The molecule has 23 heavy (non-hydrogen) atoms. The summed E-state index contributed by atoms with van der Waals surface area (Å²) in [5.41, 5.74) is 1.73. The number of carbonyl (C=O) groups excluding carboxylic acids is 2. The Morgan fingerprint density at radius 3 is 2.78 bits per heavy atom. The van der Waals surface area contributed by atoms with Gasteiger partial charge >= 0.3 is 6.03 Å². The molecular formula is C16H18N4O2S. The van der Waals surface area contributed by atoms with Crippen molar-refractivity contribution in [2.45, 2.75) is 19.4 Å². The van der Waals surface area contributed by atoms with E-state index in [2.05, 4.69) is 10.3 Å². The molecule has 1 fully saturated rings. The smallest absolute Gasteiger partial charge is 0.315 e. The minimum absolute atomic E-state index is 0.0517. The average molecular weight is 330 g/mol. The minimum Gasteiger partial charge on any atom is -0.315 e. The van der Waals surface area contributed by atoms with Crippen molar-refractivity contribution in [2.24, 2.45) is 0 Å². The molecule has 2 heterocycles. The Hall–Kier alpha value is -2.41. The highest BCUT2D eigenvalue weighted by molar-refractivity contribution is 7.13. The number of hydrogen-bond acceptors (Lipinski definition) is 4. The molecular weight excluding hydrogens is 312 g/mol. The normalized spacial score (nSPS) is 17.4. The van der Waals surface area contributed by atoms with E-state index in [1.807, 2.05) is 42.6 Å². The van der Waals surface area contributed by atoms with E-state index in [0.717, 1.165) is 11.4 Å². The van der Waals surface area contributed by atoms with Gasteiger partial charge in [-0.15, -0.1) is 11.3 Å². The van der Waals surface area contributed by atoms with Gasteiger partial charge in [-0.2, -0.15) is 0 Å². The Morgan fingerprint density at radius 2 is 2.13 bits per heavy atom. The Balaban J connectivity index is 1.67. The van der Waals surface area contributed by atoms with Crippen molar-refractivity contribution < 1.29 is 9.59 Å². The van der Waals surface area contributed by atoms with Crippen LogP contribution in [0.4, 0.5) is 15.6 Å². The number of nitrogens with one attached hydrogen (secondary N) is 1. The Morgan fingerprint density at radius 1 is 1.39 bits per heavy atom. The van der Waals surface area contributed by atoms with Gasteiger partial charge in [-0.1, -0.05) is 18.2 Å². The van der Waals surface area contributed by atoms with Crippen molar-refractivity contribution in [1.82, 2.24) is 9.88 Å². The molecule has 1 aromatic carbocycles. The Kier molecular flexibility index (Phi) is 4.29. The van der Waals surface area contributed by atoms with Gasteiger partial charge < -0.3 is 9.80 Å². The number of thiazole rings is 1. The largest absolute Gasteiger partial charge is 0.324 e. The molecule has 0 aliphatic carbocycles. The molecule has 1 aliphatic heterocycles. The highest BCUT2D eigenvalue weighted by Crippen LogP contribution is 2.24. The first-order valence-electron chi connectivity index (χ1n) is 7.38. The van der Waals surface area contributed by atoms with Crippen LogP contribution in [0.5, 0.6) is 0 Å². The molecule has 3 rings (SSSR count). The number of likely N-dealkylation sites (N-methyl/N-ethyl adjacent to an activating group) is 1. The number of nitrogens with zero attached hydrogens (tertiary/aromatic N) is 3. The third-order valence-electron chi connectivity index (χ3n) is 3.87. The fourth-order valence-corrected chi connectivity index (χ4v) is 3.30. The van der Waals surface area contributed by atoms with Gasteiger partial charge in [0.05, 0.1) is 5.69 Å². The van der Waals surface area contributed by atoms with Crippen molar-refractivity contribution in [1.29, 1.82) is 0 Å². The first-order chi connectivity index (χ1) is 11.1. The number of rotatable bonds is 3. The number of hydrogen-bond donors (Lipinski definition) is 1. The van der Waals surface area contributed by atoms with Crippen molar-refractivity contribution in [3.8, 4) is 0 Å². The van der Waals surface area contributed by atoms with E-state index in [1.165, 1.54) is 16.2 Å². The third kappa shape index (κ3) is 3.19. The number of anilines is 2. The van der Waals surface area contributed by atoms with Crippen LogP contribution in [0.25, 0.3) is 0 Å². The lowest BCUT2D eigenvalue weighted by molar-refractivity contribution is -0.120. The van der Waals surface area contributed by atoms with E-state index >= 15 is 0 Å². The van der Waals surface area contributed by atoms with Gasteiger partial charge in [0, 0.05) is 24.7 Å².